The molecular weight excluding hydrogens is 406 g/mol. The number of nitrogens with zero attached hydrogens (tertiary/aromatic N) is 2. The zero-order chi connectivity index (χ0) is 20.4. The number of carbonyl (C=O) groups excluding carboxylic acids is 2. The number of furan rings is 1. The molecule has 0 saturated heterocycles. The third kappa shape index (κ3) is 4.33. The molecule has 2 heterocycles. The van der Waals surface area contributed by atoms with E-state index >= 15 is 0 Å². The first kappa shape index (κ1) is 19.2. The third-order valence-corrected chi connectivity index (χ3v) is 6.12. The Morgan fingerprint density at radius 3 is 2.52 bits per heavy atom. The van der Waals surface area contributed by atoms with Crippen molar-refractivity contribution < 1.29 is 14.0 Å². The molecule has 8 heteroatoms. The van der Waals surface area contributed by atoms with Gasteiger partial charge in [0.2, 0.25) is 0 Å². The first-order valence-corrected chi connectivity index (χ1v) is 10.4. The van der Waals surface area contributed by atoms with Gasteiger partial charge in [-0.2, -0.15) is 0 Å². The number of thioether (sulfide) groups is 1. The van der Waals surface area contributed by atoms with Gasteiger partial charge in [0.15, 0.2) is 16.5 Å². The maximum atomic E-state index is 12.5. The maximum Gasteiger partial charge on any atom is 0.291 e. The topological polar surface area (TPSA) is 75.4 Å². The van der Waals surface area contributed by atoms with Crippen LogP contribution in [0.2, 0.25) is 0 Å². The van der Waals surface area contributed by atoms with E-state index < -0.39 is 0 Å². The monoisotopic (exact) mass is 423 g/mol. The van der Waals surface area contributed by atoms with E-state index in [-0.39, 0.29) is 16.9 Å². The fourth-order valence-corrected chi connectivity index (χ4v) is 4.13. The number of benzene rings is 2. The molecule has 0 aliphatic rings. The number of thiazole rings is 1. The van der Waals surface area contributed by atoms with Gasteiger partial charge in [0.05, 0.1) is 10.2 Å². The first-order valence-electron chi connectivity index (χ1n) is 8.76. The van der Waals surface area contributed by atoms with E-state index in [9.17, 15) is 9.59 Å². The highest BCUT2D eigenvalue weighted by atomic mass is 32.2. The van der Waals surface area contributed by atoms with E-state index in [1.165, 1.54) is 16.2 Å². The molecule has 0 saturated carbocycles. The van der Waals surface area contributed by atoms with Gasteiger partial charge in [-0.3, -0.25) is 9.59 Å². The van der Waals surface area contributed by atoms with Gasteiger partial charge in [-0.15, -0.1) is 11.3 Å². The number of hydrogen-bond donors (Lipinski definition) is 1. The number of fused-ring (bicyclic) bond motifs is 1. The molecule has 0 radical (unpaired) electrons. The summed E-state index contributed by atoms with van der Waals surface area (Å²) in [6.45, 7) is 0. The van der Waals surface area contributed by atoms with Crippen molar-refractivity contribution in [1.29, 1.82) is 0 Å². The molecule has 29 heavy (non-hydrogen) atoms. The van der Waals surface area contributed by atoms with Crippen molar-refractivity contribution in [2.24, 2.45) is 0 Å². The number of carbonyl (C=O) groups is 2. The van der Waals surface area contributed by atoms with E-state index in [0.29, 0.717) is 11.4 Å². The molecule has 4 rings (SSSR count). The van der Waals surface area contributed by atoms with Crippen LogP contribution in [0.5, 0.6) is 0 Å². The lowest BCUT2D eigenvalue weighted by Crippen LogP contribution is -2.16. The number of rotatable bonds is 4. The van der Waals surface area contributed by atoms with Crippen LogP contribution in [0.15, 0.2) is 70.0 Å². The van der Waals surface area contributed by atoms with Crippen molar-refractivity contribution in [3.8, 4) is 10.8 Å². The van der Waals surface area contributed by atoms with Crippen LogP contribution in [-0.2, 0) is 0 Å². The normalized spacial score (nSPS) is 10.8. The van der Waals surface area contributed by atoms with E-state index in [1.54, 1.807) is 50.5 Å². The maximum absolute atomic E-state index is 12.5. The molecule has 0 atom stereocenters. The van der Waals surface area contributed by atoms with Gasteiger partial charge in [0, 0.05) is 24.7 Å². The van der Waals surface area contributed by atoms with Gasteiger partial charge in [-0.1, -0.05) is 12.1 Å². The summed E-state index contributed by atoms with van der Waals surface area (Å²) >= 11 is 2.65. The summed E-state index contributed by atoms with van der Waals surface area (Å²) in [5, 5.41) is 3.48. The van der Waals surface area contributed by atoms with Gasteiger partial charge in [-0.25, -0.2) is 4.98 Å². The standard InChI is InChI=1S/C21H17N3O3S2/c1-24(2)21(26)28-14-9-7-13(8-10-14)22-19(25)16-11-12-17(27-16)20-23-15-5-3-4-6-18(15)29-20/h3-12H,1-2H3,(H,22,25). The average Bonchev–Trinajstić information content (AvgIpc) is 3.36. The lowest BCUT2D eigenvalue weighted by atomic mass is 10.3. The Morgan fingerprint density at radius 2 is 1.79 bits per heavy atom. The van der Waals surface area contributed by atoms with Crippen molar-refractivity contribution in [3.05, 3.63) is 66.4 Å². The molecule has 0 fully saturated rings. The quantitative estimate of drug-likeness (QED) is 0.434. The summed E-state index contributed by atoms with van der Waals surface area (Å²) in [5.41, 5.74) is 1.52. The minimum absolute atomic E-state index is 0.0558. The Kier molecular flexibility index (Phi) is 5.37. The van der Waals surface area contributed by atoms with E-state index in [2.05, 4.69) is 10.3 Å². The van der Waals surface area contributed by atoms with Crippen LogP contribution in [0.3, 0.4) is 0 Å². The number of nitrogens with one attached hydrogen (secondary N) is 1. The first-order chi connectivity index (χ1) is 14.0. The van der Waals surface area contributed by atoms with Crippen LogP contribution in [0, 0.1) is 0 Å². The highest BCUT2D eigenvalue weighted by Crippen LogP contribution is 2.31. The summed E-state index contributed by atoms with van der Waals surface area (Å²) in [4.78, 5) is 31.1. The van der Waals surface area contributed by atoms with Crippen LogP contribution in [-0.4, -0.2) is 35.1 Å². The number of aromatic nitrogens is 1. The molecule has 146 valence electrons. The molecular formula is C21H17N3O3S2. The smallest absolute Gasteiger partial charge is 0.291 e. The molecule has 0 bridgehead atoms. The lowest BCUT2D eigenvalue weighted by Gasteiger charge is -2.09. The van der Waals surface area contributed by atoms with E-state index in [1.807, 2.05) is 24.3 Å². The lowest BCUT2D eigenvalue weighted by molar-refractivity contribution is 0.0997. The second kappa shape index (κ2) is 8.10. The molecule has 0 aliphatic heterocycles. The summed E-state index contributed by atoms with van der Waals surface area (Å²) in [6.07, 6.45) is 0. The predicted octanol–water partition coefficient (Wildman–Crippen LogP) is 5.58. The van der Waals surface area contributed by atoms with Crippen LogP contribution < -0.4 is 5.32 Å². The zero-order valence-electron chi connectivity index (χ0n) is 15.7. The van der Waals surface area contributed by atoms with Gasteiger partial charge in [-0.05, 0) is 60.3 Å². The largest absolute Gasteiger partial charge is 0.448 e. The molecule has 0 aliphatic carbocycles. The van der Waals surface area contributed by atoms with E-state index in [0.717, 1.165) is 31.9 Å². The Bertz CT molecular complexity index is 1150. The molecule has 2 aromatic heterocycles. The van der Waals surface area contributed by atoms with Crippen LogP contribution in [0.25, 0.3) is 21.0 Å². The Morgan fingerprint density at radius 1 is 1.03 bits per heavy atom. The van der Waals surface area contributed by atoms with Crippen molar-refractivity contribution in [2.45, 2.75) is 4.90 Å². The summed E-state index contributed by atoms with van der Waals surface area (Å²) in [6, 6.07) is 18.3. The zero-order valence-corrected chi connectivity index (χ0v) is 17.3. The molecule has 2 aromatic carbocycles. The molecule has 6 nitrogen and oxygen atoms in total. The van der Waals surface area contributed by atoms with Gasteiger partial charge in [0.25, 0.3) is 11.1 Å². The van der Waals surface area contributed by atoms with Crippen LogP contribution >= 0.6 is 23.1 Å². The van der Waals surface area contributed by atoms with Gasteiger partial charge < -0.3 is 14.6 Å². The summed E-state index contributed by atoms with van der Waals surface area (Å²) < 4.78 is 6.78. The molecule has 4 aromatic rings. The van der Waals surface area contributed by atoms with Gasteiger partial charge in [0.1, 0.15) is 0 Å². The summed E-state index contributed by atoms with van der Waals surface area (Å²) in [5.74, 6) is 0.424. The minimum Gasteiger partial charge on any atom is -0.448 e. The highest BCUT2D eigenvalue weighted by Gasteiger charge is 2.15. The van der Waals surface area contributed by atoms with Crippen LogP contribution in [0.4, 0.5) is 10.5 Å². The average molecular weight is 424 g/mol. The minimum atomic E-state index is -0.345. The Labute approximate surface area is 175 Å². The van der Waals surface area contributed by atoms with Crippen molar-refractivity contribution in [1.82, 2.24) is 9.88 Å². The second-order valence-electron chi connectivity index (χ2n) is 6.39. The van der Waals surface area contributed by atoms with Gasteiger partial charge >= 0.3 is 0 Å². The number of para-hydroxylation sites is 1. The number of hydrogen-bond acceptors (Lipinski definition) is 6. The SMILES string of the molecule is CN(C)C(=O)Sc1ccc(NC(=O)c2ccc(-c3nc4ccccc4s3)o2)cc1. The number of anilines is 1. The number of amides is 2. The summed E-state index contributed by atoms with van der Waals surface area (Å²) in [7, 11) is 3.41. The fourth-order valence-electron chi connectivity index (χ4n) is 2.54. The Balaban J connectivity index is 1.44. The molecule has 1 N–H and O–H groups in total. The van der Waals surface area contributed by atoms with Crippen LogP contribution in [0.1, 0.15) is 10.6 Å². The molecule has 0 unspecified atom stereocenters. The fraction of sp³-hybridized carbons (Fsp3) is 0.0952. The molecule has 2 amide bonds. The predicted molar refractivity (Wildman–Crippen MR) is 117 cm³/mol. The van der Waals surface area contributed by atoms with E-state index in [4.69, 9.17) is 4.42 Å². The van der Waals surface area contributed by atoms with Crippen molar-refractivity contribution >= 4 is 50.1 Å². The molecule has 0 spiro atoms. The van der Waals surface area contributed by atoms with Crippen molar-refractivity contribution in [2.75, 3.05) is 19.4 Å². The Hall–Kier alpha value is -3.10. The second-order valence-corrected chi connectivity index (χ2v) is 8.45. The van der Waals surface area contributed by atoms with Crippen molar-refractivity contribution in [3.63, 3.8) is 0 Å². The third-order valence-electron chi connectivity index (χ3n) is 4.02. The highest BCUT2D eigenvalue weighted by molar-refractivity contribution is 8.13.